The highest BCUT2D eigenvalue weighted by molar-refractivity contribution is 7.19. The summed E-state index contributed by atoms with van der Waals surface area (Å²) < 4.78 is 1.09. The minimum Gasteiger partial charge on any atom is -0.372 e. The molecular weight excluding hydrogens is 536 g/mol. The standard InChI is InChI=1S/C35H36N6S/c1-3-41(4-2)32-18-17-28(22-29(24-36)35-39-33-15-5-6-16-34(33)42-35)27(23-32)12-11-21-40(25-30-13-7-9-19-37-30)26-31-14-8-10-20-38-31/h5-10,13-20,22-23H,3-4,11-12,21,25-26H2,1-2H3/b29-22+. The summed E-state index contributed by atoms with van der Waals surface area (Å²) in [6, 6.07) is 29.2. The lowest BCUT2D eigenvalue weighted by Gasteiger charge is -2.24. The number of allylic oxidation sites excluding steroid dienone is 1. The molecule has 0 aliphatic heterocycles. The Labute approximate surface area is 252 Å². The molecule has 0 aliphatic rings. The van der Waals surface area contributed by atoms with E-state index in [1.165, 1.54) is 11.3 Å². The Balaban J connectivity index is 1.40. The first-order chi connectivity index (χ1) is 20.7. The third kappa shape index (κ3) is 7.47. The molecule has 6 nitrogen and oxygen atoms in total. The molecule has 0 atom stereocenters. The molecular formula is C35H36N6S. The zero-order chi connectivity index (χ0) is 29.1. The Morgan fingerprint density at radius 2 is 1.57 bits per heavy atom. The molecule has 0 amide bonds. The van der Waals surface area contributed by atoms with Gasteiger partial charge in [-0.05, 0) is 99.0 Å². The summed E-state index contributed by atoms with van der Waals surface area (Å²) in [7, 11) is 0. The molecule has 0 radical (unpaired) electrons. The van der Waals surface area contributed by atoms with Crippen LogP contribution in [0.3, 0.4) is 0 Å². The van der Waals surface area contributed by atoms with Crippen molar-refractivity contribution in [2.24, 2.45) is 0 Å². The SMILES string of the molecule is CCN(CC)c1ccc(/C=C(\C#N)c2nc3ccccc3s2)c(CCCN(Cc2ccccn2)Cc2ccccn2)c1. The zero-order valence-corrected chi connectivity index (χ0v) is 25.1. The number of pyridine rings is 2. The number of anilines is 1. The monoisotopic (exact) mass is 572 g/mol. The highest BCUT2D eigenvalue weighted by Gasteiger charge is 2.14. The molecule has 0 saturated carbocycles. The molecule has 0 N–H and O–H groups in total. The van der Waals surface area contributed by atoms with Crippen molar-refractivity contribution < 1.29 is 0 Å². The Morgan fingerprint density at radius 3 is 2.19 bits per heavy atom. The van der Waals surface area contributed by atoms with Gasteiger partial charge in [-0.15, -0.1) is 11.3 Å². The third-order valence-corrected chi connectivity index (χ3v) is 8.41. The highest BCUT2D eigenvalue weighted by atomic mass is 32.1. The van der Waals surface area contributed by atoms with Crippen LogP contribution < -0.4 is 4.90 Å². The van der Waals surface area contributed by atoms with Gasteiger partial charge in [-0.25, -0.2) is 4.98 Å². The van der Waals surface area contributed by atoms with Gasteiger partial charge in [0, 0.05) is 44.3 Å². The summed E-state index contributed by atoms with van der Waals surface area (Å²) in [5.41, 5.74) is 7.15. The van der Waals surface area contributed by atoms with E-state index < -0.39 is 0 Å². The number of para-hydroxylation sites is 1. The highest BCUT2D eigenvalue weighted by Crippen LogP contribution is 2.30. The first kappa shape index (κ1) is 29.1. The summed E-state index contributed by atoms with van der Waals surface area (Å²) >= 11 is 1.57. The second-order valence-corrected chi connectivity index (χ2v) is 11.2. The quantitative estimate of drug-likeness (QED) is 0.135. The molecule has 5 aromatic rings. The van der Waals surface area contributed by atoms with Crippen LogP contribution in [-0.2, 0) is 19.5 Å². The number of fused-ring (bicyclic) bond motifs is 1. The van der Waals surface area contributed by atoms with Crippen molar-refractivity contribution in [3.63, 3.8) is 0 Å². The summed E-state index contributed by atoms with van der Waals surface area (Å²) in [5.74, 6) is 0. The van der Waals surface area contributed by atoms with Crippen LogP contribution in [-0.4, -0.2) is 39.5 Å². The number of hydrogen-bond donors (Lipinski definition) is 0. The van der Waals surface area contributed by atoms with Crippen molar-refractivity contribution in [2.75, 3.05) is 24.5 Å². The largest absolute Gasteiger partial charge is 0.372 e. The van der Waals surface area contributed by atoms with Crippen LogP contribution >= 0.6 is 11.3 Å². The maximum Gasteiger partial charge on any atom is 0.135 e. The summed E-state index contributed by atoms with van der Waals surface area (Å²) in [6.07, 6.45) is 7.57. The van der Waals surface area contributed by atoms with E-state index in [0.29, 0.717) is 5.57 Å². The Bertz CT molecular complexity index is 1580. The predicted octanol–water partition coefficient (Wildman–Crippen LogP) is 7.63. The number of nitrogens with zero attached hydrogens (tertiary/aromatic N) is 6. The lowest BCUT2D eigenvalue weighted by Crippen LogP contribution is -2.25. The summed E-state index contributed by atoms with van der Waals surface area (Å²) in [5, 5.41) is 10.9. The smallest absolute Gasteiger partial charge is 0.135 e. The van der Waals surface area contributed by atoms with Gasteiger partial charge in [-0.3, -0.25) is 14.9 Å². The van der Waals surface area contributed by atoms with E-state index in [4.69, 9.17) is 4.98 Å². The second kappa shape index (κ2) is 14.5. The van der Waals surface area contributed by atoms with Crippen LogP contribution in [0, 0.1) is 11.3 Å². The van der Waals surface area contributed by atoms with Gasteiger partial charge in [0.2, 0.25) is 0 Å². The normalized spacial score (nSPS) is 11.6. The molecule has 3 aromatic heterocycles. The van der Waals surface area contributed by atoms with Crippen molar-refractivity contribution >= 4 is 38.9 Å². The van der Waals surface area contributed by atoms with E-state index in [0.717, 1.165) is 77.7 Å². The molecule has 0 spiro atoms. The van der Waals surface area contributed by atoms with Gasteiger partial charge in [-0.2, -0.15) is 5.26 Å². The number of aromatic nitrogens is 3. The summed E-state index contributed by atoms with van der Waals surface area (Å²) in [4.78, 5) is 18.7. The molecule has 7 heteroatoms. The van der Waals surface area contributed by atoms with Crippen molar-refractivity contribution in [1.29, 1.82) is 5.26 Å². The maximum atomic E-state index is 10.1. The minimum atomic E-state index is 0.597. The molecule has 0 bridgehead atoms. The number of rotatable bonds is 13. The van der Waals surface area contributed by atoms with Crippen molar-refractivity contribution in [3.8, 4) is 6.07 Å². The molecule has 0 unspecified atom stereocenters. The predicted molar refractivity (Wildman–Crippen MR) is 174 cm³/mol. The fourth-order valence-corrected chi connectivity index (χ4v) is 6.10. The van der Waals surface area contributed by atoms with Crippen molar-refractivity contribution in [3.05, 3.63) is 119 Å². The van der Waals surface area contributed by atoms with Gasteiger partial charge in [0.1, 0.15) is 11.1 Å². The number of thiazole rings is 1. The topological polar surface area (TPSA) is 68.9 Å². The van der Waals surface area contributed by atoms with E-state index in [1.54, 1.807) is 11.3 Å². The van der Waals surface area contributed by atoms with Gasteiger partial charge in [0.25, 0.3) is 0 Å². The second-order valence-electron chi connectivity index (χ2n) is 10.2. The molecule has 3 heterocycles. The first-order valence-electron chi connectivity index (χ1n) is 14.5. The van der Waals surface area contributed by atoms with E-state index in [2.05, 4.69) is 76.1 Å². The number of hydrogen-bond acceptors (Lipinski definition) is 7. The van der Waals surface area contributed by atoms with Crippen LogP contribution in [0.1, 0.15) is 47.8 Å². The molecule has 0 saturated heterocycles. The van der Waals surface area contributed by atoms with Gasteiger partial charge in [0.15, 0.2) is 0 Å². The molecule has 212 valence electrons. The third-order valence-electron chi connectivity index (χ3n) is 7.34. The van der Waals surface area contributed by atoms with Crippen molar-refractivity contribution in [1.82, 2.24) is 19.9 Å². The molecule has 5 rings (SSSR count). The van der Waals surface area contributed by atoms with Gasteiger partial charge in [0.05, 0.1) is 27.2 Å². The Hall–Kier alpha value is -4.38. The van der Waals surface area contributed by atoms with Gasteiger partial charge < -0.3 is 4.90 Å². The van der Waals surface area contributed by atoms with E-state index in [1.807, 2.05) is 60.9 Å². The number of nitriles is 1. The number of benzene rings is 2. The maximum absolute atomic E-state index is 10.1. The van der Waals surface area contributed by atoms with Gasteiger partial charge >= 0.3 is 0 Å². The fraction of sp³-hybridized carbons (Fsp3) is 0.257. The molecule has 0 aliphatic carbocycles. The van der Waals surface area contributed by atoms with E-state index in [9.17, 15) is 5.26 Å². The molecule has 42 heavy (non-hydrogen) atoms. The van der Waals surface area contributed by atoms with Crippen LogP contribution in [0.5, 0.6) is 0 Å². The lowest BCUT2D eigenvalue weighted by molar-refractivity contribution is 0.247. The lowest BCUT2D eigenvalue weighted by atomic mass is 9.99. The van der Waals surface area contributed by atoms with Crippen LogP contribution in [0.4, 0.5) is 5.69 Å². The van der Waals surface area contributed by atoms with E-state index >= 15 is 0 Å². The average Bonchev–Trinajstić information content (AvgIpc) is 3.46. The number of aryl methyl sites for hydroxylation is 1. The van der Waals surface area contributed by atoms with Gasteiger partial charge in [-0.1, -0.05) is 30.3 Å². The zero-order valence-electron chi connectivity index (χ0n) is 24.3. The average molecular weight is 573 g/mol. The van der Waals surface area contributed by atoms with Crippen molar-refractivity contribution in [2.45, 2.75) is 39.8 Å². The van der Waals surface area contributed by atoms with E-state index in [-0.39, 0.29) is 0 Å². The minimum absolute atomic E-state index is 0.597. The molecule has 0 fully saturated rings. The first-order valence-corrected chi connectivity index (χ1v) is 15.4. The Morgan fingerprint density at radius 1 is 0.881 bits per heavy atom. The Kier molecular flexibility index (Phi) is 10.1. The fourth-order valence-electron chi connectivity index (χ4n) is 5.17. The molecule has 2 aromatic carbocycles. The van der Waals surface area contributed by atoms with Crippen LogP contribution in [0.25, 0.3) is 21.9 Å². The van der Waals surface area contributed by atoms with Crippen LogP contribution in [0.2, 0.25) is 0 Å². The summed E-state index contributed by atoms with van der Waals surface area (Å²) in [6.45, 7) is 8.69. The van der Waals surface area contributed by atoms with Crippen LogP contribution in [0.15, 0.2) is 91.3 Å².